The summed E-state index contributed by atoms with van der Waals surface area (Å²) in [7, 11) is 8.49. The molecule has 2 rings (SSSR count). The minimum atomic E-state index is -1.05. The molecule has 0 spiro atoms. The van der Waals surface area contributed by atoms with Crippen molar-refractivity contribution >= 4 is 23.6 Å². The summed E-state index contributed by atoms with van der Waals surface area (Å²) in [5.74, 6) is -2.22. The van der Waals surface area contributed by atoms with Crippen molar-refractivity contribution in [1.29, 1.82) is 0 Å². The van der Waals surface area contributed by atoms with E-state index in [1.54, 1.807) is 37.8 Å². The van der Waals surface area contributed by atoms with Crippen molar-refractivity contribution in [2.45, 2.75) is 130 Å². The summed E-state index contributed by atoms with van der Waals surface area (Å²) in [6, 6.07) is 2.79. The van der Waals surface area contributed by atoms with Crippen LogP contribution in [0.1, 0.15) is 92.7 Å². The Bertz CT molecular complexity index is 1320. The number of rotatable bonds is 20. The van der Waals surface area contributed by atoms with E-state index >= 15 is 0 Å². The predicted molar refractivity (Wildman–Crippen MR) is 204 cm³/mol. The molecule has 0 saturated carbocycles. The summed E-state index contributed by atoms with van der Waals surface area (Å²) in [6.45, 7) is 15.7. The van der Waals surface area contributed by atoms with Crippen LogP contribution in [0.4, 0.5) is 4.39 Å². The summed E-state index contributed by atoms with van der Waals surface area (Å²) in [6.07, 6.45) is -0.211. The molecular formula is C40H68FN5O7. The minimum absolute atomic E-state index is 0.00624. The number of carbonyl (C=O) groups is 4. The molecule has 53 heavy (non-hydrogen) atoms. The molecule has 1 aliphatic rings. The second kappa shape index (κ2) is 21.1. The highest BCUT2D eigenvalue weighted by Crippen LogP contribution is 2.30. The van der Waals surface area contributed by atoms with Gasteiger partial charge in [-0.25, -0.2) is 4.39 Å². The van der Waals surface area contributed by atoms with Crippen molar-refractivity contribution in [2.24, 2.45) is 23.7 Å². The Hall–Kier alpha value is -3.13. The van der Waals surface area contributed by atoms with E-state index < -0.39 is 54.2 Å². The van der Waals surface area contributed by atoms with Gasteiger partial charge in [0.25, 0.3) is 0 Å². The fraction of sp³-hybridized carbons (Fsp3) is 0.750. The van der Waals surface area contributed by atoms with E-state index in [1.807, 2.05) is 60.5 Å². The lowest BCUT2D eigenvalue weighted by Gasteiger charge is -2.41. The Morgan fingerprint density at radius 3 is 2.02 bits per heavy atom. The molecule has 3 N–H and O–H groups in total. The quantitative estimate of drug-likeness (QED) is 0.182. The average Bonchev–Trinajstić information content (AvgIpc) is 3.59. The van der Waals surface area contributed by atoms with Gasteiger partial charge in [0.05, 0.1) is 54.8 Å². The van der Waals surface area contributed by atoms with Crippen molar-refractivity contribution in [3.63, 3.8) is 0 Å². The highest BCUT2D eigenvalue weighted by atomic mass is 19.1. The number of aliphatic hydroxyl groups excluding tert-OH is 1. The summed E-state index contributed by atoms with van der Waals surface area (Å²) in [5.41, 5.74) is 0.479. The lowest BCUT2D eigenvalue weighted by molar-refractivity contribution is -0.148. The number of aliphatic hydroxyl groups is 1. The van der Waals surface area contributed by atoms with Gasteiger partial charge in [-0.3, -0.25) is 24.1 Å². The Labute approximate surface area is 317 Å². The first kappa shape index (κ1) is 46.0. The molecule has 1 heterocycles. The van der Waals surface area contributed by atoms with Gasteiger partial charge in [-0.1, -0.05) is 67.0 Å². The number of hydrogen-bond donors (Lipinski definition) is 3. The van der Waals surface area contributed by atoms with Crippen LogP contribution in [0.25, 0.3) is 0 Å². The number of methoxy groups -OCH3 is 2. The first-order valence-electron chi connectivity index (χ1n) is 19.1. The van der Waals surface area contributed by atoms with Crippen molar-refractivity contribution in [3.05, 3.63) is 35.6 Å². The zero-order valence-corrected chi connectivity index (χ0v) is 34.4. The molecule has 10 atom stereocenters. The van der Waals surface area contributed by atoms with Gasteiger partial charge in [0.1, 0.15) is 11.9 Å². The number of nitrogens with zero attached hydrogens (tertiary/aromatic N) is 3. The van der Waals surface area contributed by atoms with E-state index in [9.17, 15) is 28.7 Å². The molecule has 12 nitrogen and oxygen atoms in total. The number of likely N-dealkylation sites (N-methyl/N-ethyl adjacent to an activating group) is 2. The standard InChI is InChI=1S/C40H68FN5O7/c1-14-25(6)35(45(11)40(51)33(23(2)3)43-39(50)34(24(4)5)44(9)10)31(52-12)22-32(47)46-21-15-16-30(46)37(53-13)26(7)38(49)42-27(8)36(48)28-17-19-29(41)20-18-28/h17-20,23-27,30-31,33-37,48H,14-16,21-22H2,1-13H3,(H,42,49)(H,43,50)/t25-,26+,27+,30-,31+,33-,34-,35-,36+,37+/m0/s1. The topological polar surface area (TPSA) is 141 Å². The van der Waals surface area contributed by atoms with E-state index in [2.05, 4.69) is 10.6 Å². The second-order valence-corrected chi connectivity index (χ2v) is 15.8. The molecule has 1 aliphatic heterocycles. The van der Waals surface area contributed by atoms with Crippen LogP contribution in [0.5, 0.6) is 0 Å². The van der Waals surface area contributed by atoms with Gasteiger partial charge < -0.3 is 35.0 Å². The number of nitrogens with one attached hydrogen (secondary N) is 2. The molecule has 1 fully saturated rings. The lowest BCUT2D eigenvalue weighted by Crippen LogP contribution is -2.59. The summed E-state index contributed by atoms with van der Waals surface area (Å²) in [4.78, 5) is 60.5. The molecule has 0 aromatic heterocycles. The van der Waals surface area contributed by atoms with Crippen LogP contribution in [0.15, 0.2) is 24.3 Å². The maximum atomic E-state index is 14.2. The minimum Gasteiger partial charge on any atom is -0.386 e. The van der Waals surface area contributed by atoms with Gasteiger partial charge in [-0.05, 0) is 69.3 Å². The third-order valence-electron chi connectivity index (χ3n) is 11.0. The average molecular weight is 750 g/mol. The van der Waals surface area contributed by atoms with Gasteiger partial charge in [-0.2, -0.15) is 0 Å². The maximum absolute atomic E-state index is 14.2. The molecule has 0 radical (unpaired) electrons. The number of likely N-dealkylation sites (tertiary alicyclic amines) is 1. The Kier molecular flexibility index (Phi) is 18.3. The SMILES string of the molecule is CC[C@H](C)[C@@H]([C@@H](CC(=O)N1CCC[C@H]1[C@H](OC)[C@@H](C)C(=O)N[C@H](C)[C@@H](O)c1ccc(F)cc1)OC)N(C)C(=O)[C@@H](NC(=O)[C@H](C(C)C)N(C)C)C(C)C. The third kappa shape index (κ3) is 11.9. The number of benzene rings is 1. The molecule has 13 heteroatoms. The zero-order valence-electron chi connectivity index (χ0n) is 34.4. The number of carbonyl (C=O) groups excluding carboxylic acids is 4. The summed E-state index contributed by atoms with van der Waals surface area (Å²) >= 11 is 0. The first-order valence-corrected chi connectivity index (χ1v) is 19.1. The second-order valence-electron chi connectivity index (χ2n) is 15.8. The molecule has 302 valence electrons. The van der Waals surface area contributed by atoms with Gasteiger partial charge in [0.2, 0.25) is 23.6 Å². The molecule has 1 saturated heterocycles. The molecule has 1 aromatic rings. The number of ether oxygens (including phenoxy) is 2. The Morgan fingerprint density at radius 1 is 0.925 bits per heavy atom. The maximum Gasteiger partial charge on any atom is 0.245 e. The van der Waals surface area contributed by atoms with Crippen LogP contribution in [0, 0.1) is 29.5 Å². The van der Waals surface area contributed by atoms with Gasteiger partial charge in [0.15, 0.2) is 0 Å². The van der Waals surface area contributed by atoms with Gasteiger partial charge >= 0.3 is 0 Å². The highest BCUT2D eigenvalue weighted by molar-refractivity contribution is 5.90. The van der Waals surface area contributed by atoms with Gasteiger partial charge in [0, 0.05) is 27.8 Å². The zero-order chi connectivity index (χ0) is 40.3. The van der Waals surface area contributed by atoms with E-state index in [-0.39, 0.29) is 53.8 Å². The van der Waals surface area contributed by atoms with Crippen molar-refractivity contribution in [1.82, 2.24) is 25.3 Å². The van der Waals surface area contributed by atoms with Gasteiger partial charge in [-0.15, -0.1) is 0 Å². The van der Waals surface area contributed by atoms with E-state index in [0.29, 0.717) is 18.5 Å². The Morgan fingerprint density at radius 2 is 1.53 bits per heavy atom. The Balaban J connectivity index is 2.25. The van der Waals surface area contributed by atoms with Crippen molar-refractivity contribution in [2.75, 3.05) is 41.9 Å². The fourth-order valence-electron chi connectivity index (χ4n) is 7.79. The predicted octanol–water partition coefficient (Wildman–Crippen LogP) is 4.01. The highest BCUT2D eigenvalue weighted by Gasteiger charge is 2.43. The van der Waals surface area contributed by atoms with Crippen LogP contribution in [0.3, 0.4) is 0 Å². The van der Waals surface area contributed by atoms with Crippen LogP contribution in [0.2, 0.25) is 0 Å². The molecule has 0 aliphatic carbocycles. The first-order chi connectivity index (χ1) is 24.8. The lowest BCUT2D eigenvalue weighted by atomic mass is 9.89. The van der Waals surface area contributed by atoms with E-state index in [4.69, 9.17) is 9.47 Å². The monoisotopic (exact) mass is 750 g/mol. The van der Waals surface area contributed by atoms with Crippen molar-refractivity contribution in [3.8, 4) is 0 Å². The number of amides is 4. The smallest absolute Gasteiger partial charge is 0.245 e. The van der Waals surface area contributed by atoms with E-state index in [1.165, 1.54) is 31.4 Å². The fourth-order valence-corrected chi connectivity index (χ4v) is 7.79. The van der Waals surface area contributed by atoms with Crippen LogP contribution >= 0.6 is 0 Å². The largest absolute Gasteiger partial charge is 0.386 e. The number of hydrogen-bond acceptors (Lipinski definition) is 8. The normalized spacial score (nSPS) is 20.0. The molecule has 1 aromatic carbocycles. The number of halogens is 1. The van der Waals surface area contributed by atoms with Crippen LogP contribution < -0.4 is 10.6 Å². The molecule has 0 bridgehead atoms. The summed E-state index contributed by atoms with van der Waals surface area (Å²) < 4.78 is 25.3. The molecule has 4 amide bonds. The van der Waals surface area contributed by atoms with Crippen molar-refractivity contribution < 1.29 is 38.1 Å². The summed E-state index contributed by atoms with van der Waals surface area (Å²) in [5, 5.41) is 16.7. The molecule has 0 unspecified atom stereocenters. The third-order valence-corrected chi connectivity index (χ3v) is 11.0. The molecular weight excluding hydrogens is 681 g/mol. The van der Waals surface area contributed by atoms with Crippen LogP contribution in [-0.4, -0.2) is 128 Å². The van der Waals surface area contributed by atoms with Crippen LogP contribution in [-0.2, 0) is 28.7 Å². The van der Waals surface area contributed by atoms with E-state index in [0.717, 1.165) is 12.8 Å².